The van der Waals surface area contributed by atoms with Crippen LogP contribution in [0.1, 0.15) is 26.3 Å². The number of rotatable bonds is 4. The minimum Gasteiger partial charge on any atom is -0.325 e. The molecule has 22 heavy (non-hydrogen) atoms. The molecule has 0 aliphatic heterocycles. The third kappa shape index (κ3) is 3.96. The molecule has 9 heteroatoms. The average molecular weight is 341 g/mol. The average Bonchev–Trinajstić information content (AvgIpc) is 2.38. The van der Waals surface area contributed by atoms with Gasteiger partial charge in [0.15, 0.2) is 9.84 Å². The molecular formula is C13H15F4NO3S. The normalized spacial score (nSPS) is 14.0. The van der Waals surface area contributed by atoms with Gasteiger partial charge in [-0.1, -0.05) is 0 Å². The quantitative estimate of drug-likeness (QED) is 0.857. The summed E-state index contributed by atoms with van der Waals surface area (Å²) in [6, 6.07) is 1.90. The Morgan fingerprint density at radius 3 is 2.18 bits per heavy atom. The van der Waals surface area contributed by atoms with Crippen LogP contribution in [-0.2, 0) is 20.8 Å². The molecule has 0 fully saturated rings. The van der Waals surface area contributed by atoms with Crippen LogP contribution in [0.5, 0.6) is 0 Å². The maximum Gasteiger partial charge on any atom is 0.419 e. The van der Waals surface area contributed by atoms with Gasteiger partial charge in [0.1, 0.15) is 11.1 Å². The first-order chi connectivity index (χ1) is 9.87. The Hall–Kier alpha value is -1.64. The lowest BCUT2D eigenvalue weighted by atomic mass is 10.1. The van der Waals surface area contributed by atoms with E-state index in [1.165, 1.54) is 13.8 Å². The molecule has 1 aromatic carbocycles. The highest BCUT2D eigenvalue weighted by Gasteiger charge is 2.35. The van der Waals surface area contributed by atoms with E-state index < -0.39 is 43.8 Å². The van der Waals surface area contributed by atoms with Crippen LogP contribution in [0.2, 0.25) is 0 Å². The molecule has 0 saturated heterocycles. The molecule has 0 unspecified atom stereocenters. The summed E-state index contributed by atoms with van der Waals surface area (Å²) in [6.07, 6.45) is -4.92. The van der Waals surface area contributed by atoms with Crippen molar-refractivity contribution in [3.63, 3.8) is 0 Å². The molecule has 0 heterocycles. The van der Waals surface area contributed by atoms with Crippen molar-refractivity contribution in [2.24, 2.45) is 0 Å². The van der Waals surface area contributed by atoms with Crippen LogP contribution < -0.4 is 5.32 Å². The van der Waals surface area contributed by atoms with Gasteiger partial charge in [-0.25, -0.2) is 12.8 Å². The standard InChI is InChI=1S/C13H15F4NO3S/c1-7(2)22(20,21)8(3)12(19)18-9-4-5-11(14)10(6-9)13(15,16)17/h4-8H,1-3H3,(H,18,19)/t8-/m1/s1. The number of alkyl halides is 3. The maximum absolute atomic E-state index is 13.1. The fourth-order valence-corrected chi connectivity index (χ4v) is 2.80. The Morgan fingerprint density at radius 2 is 1.73 bits per heavy atom. The number of hydrogen-bond acceptors (Lipinski definition) is 3. The lowest BCUT2D eigenvalue weighted by Gasteiger charge is -2.16. The second kappa shape index (κ2) is 6.23. The molecule has 1 atom stereocenters. The molecule has 0 radical (unpaired) electrons. The number of anilines is 1. The monoisotopic (exact) mass is 341 g/mol. The summed E-state index contributed by atoms with van der Waals surface area (Å²) in [5, 5.41) is -0.193. The number of nitrogens with one attached hydrogen (secondary N) is 1. The van der Waals surface area contributed by atoms with Gasteiger partial charge in [-0.15, -0.1) is 0 Å². The fraction of sp³-hybridized carbons (Fsp3) is 0.462. The summed E-state index contributed by atoms with van der Waals surface area (Å²) in [7, 11) is -3.75. The molecule has 0 aliphatic carbocycles. The topological polar surface area (TPSA) is 63.2 Å². The van der Waals surface area contributed by atoms with Crippen LogP contribution in [0.15, 0.2) is 18.2 Å². The van der Waals surface area contributed by atoms with Gasteiger partial charge in [-0.05, 0) is 39.0 Å². The zero-order valence-corrected chi connectivity index (χ0v) is 12.8. The Bertz CT molecular complexity index is 668. The minimum absolute atomic E-state index is 0.329. The number of halogens is 4. The molecule has 1 N–H and O–H groups in total. The molecule has 0 bridgehead atoms. The SMILES string of the molecule is CC(C)S(=O)(=O)[C@H](C)C(=O)Nc1ccc(F)c(C(F)(F)F)c1. The van der Waals surface area contributed by atoms with Gasteiger partial charge >= 0.3 is 6.18 Å². The van der Waals surface area contributed by atoms with Crippen molar-refractivity contribution < 1.29 is 30.8 Å². The van der Waals surface area contributed by atoms with Gasteiger partial charge in [0.2, 0.25) is 5.91 Å². The highest BCUT2D eigenvalue weighted by molar-refractivity contribution is 7.93. The molecule has 0 spiro atoms. The molecular weight excluding hydrogens is 326 g/mol. The van der Waals surface area contributed by atoms with E-state index in [1.54, 1.807) is 0 Å². The number of benzene rings is 1. The number of hydrogen-bond donors (Lipinski definition) is 1. The molecule has 124 valence electrons. The Kier molecular flexibility index (Phi) is 5.21. The summed E-state index contributed by atoms with van der Waals surface area (Å²) >= 11 is 0. The lowest BCUT2D eigenvalue weighted by Crippen LogP contribution is -2.36. The maximum atomic E-state index is 13.1. The van der Waals surface area contributed by atoms with Crippen molar-refractivity contribution in [1.82, 2.24) is 0 Å². The summed E-state index contributed by atoms with van der Waals surface area (Å²) < 4.78 is 74.5. The largest absolute Gasteiger partial charge is 0.419 e. The van der Waals surface area contributed by atoms with Crippen molar-refractivity contribution in [3.05, 3.63) is 29.6 Å². The van der Waals surface area contributed by atoms with E-state index in [1.807, 2.05) is 0 Å². The molecule has 0 aromatic heterocycles. The highest BCUT2D eigenvalue weighted by Crippen LogP contribution is 2.33. The number of carbonyl (C=O) groups excluding carboxylic acids is 1. The fourth-order valence-electron chi connectivity index (χ4n) is 1.62. The summed E-state index contributed by atoms with van der Waals surface area (Å²) in [4.78, 5) is 11.8. The van der Waals surface area contributed by atoms with Crippen LogP contribution in [0, 0.1) is 5.82 Å². The molecule has 0 aliphatic rings. The first-order valence-corrected chi connectivity index (χ1v) is 7.88. The van der Waals surface area contributed by atoms with E-state index >= 15 is 0 Å². The summed E-state index contributed by atoms with van der Waals surface area (Å²) in [5.74, 6) is -2.46. The zero-order valence-electron chi connectivity index (χ0n) is 12.0. The van der Waals surface area contributed by atoms with Crippen molar-refractivity contribution in [2.45, 2.75) is 37.4 Å². The van der Waals surface area contributed by atoms with E-state index in [4.69, 9.17) is 0 Å². The van der Waals surface area contributed by atoms with Gasteiger partial charge in [0.25, 0.3) is 0 Å². The molecule has 4 nitrogen and oxygen atoms in total. The zero-order chi connectivity index (χ0) is 17.3. The first kappa shape index (κ1) is 18.4. The molecule has 1 rings (SSSR count). The van der Waals surface area contributed by atoms with Crippen molar-refractivity contribution in [3.8, 4) is 0 Å². The second-order valence-electron chi connectivity index (χ2n) is 4.96. The third-order valence-corrected chi connectivity index (χ3v) is 5.57. The van der Waals surface area contributed by atoms with Gasteiger partial charge in [0, 0.05) is 5.69 Å². The lowest BCUT2D eigenvalue weighted by molar-refractivity contribution is -0.140. The van der Waals surface area contributed by atoms with Crippen LogP contribution >= 0.6 is 0 Å². The predicted molar refractivity (Wildman–Crippen MR) is 73.5 cm³/mol. The predicted octanol–water partition coefficient (Wildman–Crippen LogP) is 2.99. The van der Waals surface area contributed by atoms with Crippen LogP contribution in [0.4, 0.5) is 23.2 Å². The smallest absolute Gasteiger partial charge is 0.325 e. The Labute approximate surface area is 125 Å². The summed E-state index contributed by atoms with van der Waals surface area (Å²) in [6.45, 7) is 3.91. The van der Waals surface area contributed by atoms with E-state index in [2.05, 4.69) is 5.32 Å². The first-order valence-electron chi connectivity index (χ1n) is 6.27. The van der Waals surface area contributed by atoms with E-state index in [0.717, 1.165) is 13.0 Å². The van der Waals surface area contributed by atoms with Crippen LogP contribution in [0.25, 0.3) is 0 Å². The Morgan fingerprint density at radius 1 is 1.18 bits per heavy atom. The summed E-state index contributed by atoms with van der Waals surface area (Å²) in [5.41, 5.74) is -1.87. The van der Waals surface area contributed by atoms with E-state index in [-0.39, 0.29) is 5.69 Å². The van der Waals surface area contributed by atoms with E-state index in [0.29, 0.717) is 12.1 Å². The minimum atomic E-state index is -4.92. The van der Waals surface area contributed by atoms with Gasteiger partial charge in [-0.3, -0.25) is 4.79 Å². The molecule has 0 saturated carbocycles. The number of carbonyl (C=O) groups is 1. The Balaban J connectivity index is 3.04. The van der Waals surface area contributed by atoms with Gasteiger partial charge in [-0.2, -0.15) is 13.2 Å². The molecule has 1 aromatic rings. The van der Waals surface area contributed by atoms with Crippen LogP contribution in [0.3, 0.4) is 0 Å². The van der Waals surface area contributed by atoms with Crippen molar-refractivity contribution in [2.75, 3.05) is 5.32 Å². The highest BCUT2D eigenvalue weighted by atomic mass is 32.2. The van der Waals surface area contributed by atoms with Gasteiger partial charge < -0.3 is 5.32 Å². The number of amides is 1. The third-order valence-electron chi connectivity index (χ3n) is 3.06. The number of sulfone groups is 1. The van der Waals surface area contributed by atoms with Crippen molar-refractivity contribution >= 4 is 21.4 Å². The van der Waals surface area contributed by atoms with E-state index in [9.17, 15) is 30.8 Å². The van der Waals surface area contributed by atoms with Crippen molar-refractivity contribution in [1.29, 1.82) is 0 Å². The second-order valence-corrected chi connectivity index (χ2v) is 7.79. The molecule has 1 amide bonds. The van der Waals surface area contributed by atoms with Gasteiger partial charge in [0.05, 0.1) is 10.8 Å². The van der Waals surface area contributed by atoms with Crippen LogP contribution in [-0.4, -0.2) is 24.8 Å².